The summed E-state index contributed by atoms with van der Waals surface area (Å²) in [4.78, 5) is 4.03. The molecule has 0 saturated heterocycles. The molecule has 16 heavy (non-hydrogen) atoms. The smallest absolute Gasteiger partial charge is 0.126 e. The van der Waals surface area contributed by atoms with Gasteiger partial charge in [-0.2, -0.15) is 0 Å². The second kappa shape index (κ2) is 5.85. The molecule has 0 bridgehead atoms. The van der Waals surface area contributed by atoms with Crippen molar-refractivity contribution in [2.24, 2.45) is 0 Å². The van der Waals surface area contributed by atoms with E-state index in [9.17, 15) is 5.11 Å². The Kier molecular flexibility index (Phi) is 4.74. The Balaban J connectivity index is 2.55. The van der Waals surface area contributed by atoms with Crippen LogP contribution in [0.1, 0.15) is 45.1 Å². The van der Waals surface area contributed by atoms with Gasteiger partial charge in [-0.25, -0.2) is 4.98 Å². The first-order valence-corrected chi connectivity index (χ1v) is 5.97. The lowest BCUT2D eigenvalue weighted by atomic mass is 9.91. The summed E-state index contributed by atoms with van der Waals surface area (Å²) in [6.45, 7) is 4.03. The predicted molar refractivity (Wildman–Crippen MR) is 67.1 cm³/mol. The molecule has 0 spiro atoms. The van der Waals surface area contributed by atoms with E-state index < -0.39 is 5.60 Å². The highest BCUT2D eigenvalue weighted by Gasteiger charge is 2.21. The number of nitrogens with zero attached hydrogens (tertiary/aromatic N) is 1. The van der Waals surface area contributed by atoms with Gasteiger partial charge in [0.15, 0.2) is 0 Å². The van der Waals surface area contributed by atoms with E-state index in [0.717, 1.165) is 18.4 Å². The summed E-state index contributed by atoms with van der Waals surface area (Å²) in [5.41, 5.74) is 6.02. The fourth-order valence-corrected chi connectivity index (χ4v) is 1.85. The highest BCUT2D eigenvalue weighted by Crippen LogP contribution is 2.22. The van der Waals surface area contributed by atoms with Crippen molar-refractivity contribution in [1.29, 1.82) is 0 Å². The molecule has 1 aromatic rings. The second-order valence-corrected chi connectivity index (χ2v) is 4.68. The maximum atomic E-state index is 10.2. The molecular formula is C13H22N2O. The van der Waals surface area contributed by atoms with E-state index in [1.807, 2.05) is 19.1 Å². The summed E-state index contributed by atoms with van der Waals surface area (Å²) in [5, 5.41) is 10.2. The SMILES string of the molecule is CCCCCC(C)(O)Cc1cccnc1N. The van der Waals surface area contributed by atoms with Gasteiger partial charge < -0.3 is 10.8 Å². The number of aromatic nitrogens is 1. The molecule has 3 heteroatoms. The number of nitrogen functional groups attached to an aromatic ring is 1. The van der Waals surface area contributed by atoms with E-state index in [2.05, 4.69) is 11.9 Å². The maximum absolute atomic E-state index is 10.2. The maximum Gasteiger partial charge on any atom is 0.126 e. The molecule has 0 aliphatic carbocycles. The Morgan fingerprint density at radius 1 is 1.44 bits per heavy atom. The summed E-state index contributed by atoms with van der Waals surface area (Å²) in [6, 6.07) is 3.78. The van der Waals surface area contributed by atoms with Gasteiger partial charge in [-0.05, 0) is 25.0 Å². The number of aliphatic hydroxyl groups is 1. The summed E-state index contributed by atoms with van der Waals surface area (Å²) in [6.07, 6.45) is 6.46. The van der Waals surface area contributed by atoms with Gasteiger partial charge in [0, 0.05) is 12.6 Å². The van der Waals surface area contributed by atoms with Crippen molar-refractivity contribution in [2.75, 3.05) is 5.73 Å². The standard InChI is InChI=1S/C13H22N2O/c1-3-4-5-8-13(2,16)10-11-7-6-9-15-12(11)14/h6-7,9,16H,3-5,8,10H2,1-2H3,(H2,14,15). The number of unbranched alkanes of at least 4 members (excludes halogenated alkanes) is 2. The molecule has 3 nitrogen and oxygen atoms in total. The van der Waals surface area contributed by atoms with Crippen LogP contribution >= 0.6 is 0 Å². The third kappa shape index (κ3) is 4.19. The molecule has 0 fully saturated rings. The zero-order chi connectivity index (χ0) is 12.0. The van der Waals surface area contributed by atoms with Crippen molar-refractivity contribution in [3.8, 4) is 0 Å². The molecule has 0 aromatic carbocycles. The third-order valence-electron chi connectivity index (χ3n) is 2.82. The fourth-order valence-electron chi connectivity index (χ4n) is 1.85. The monoisotopic (exact) mass is 222 g/mol. The first-order chi connectivity index (χ1) is 7.55. The summed E-state index contributed by atoms with van der Waals surface area (Å²) >= 11 is 0. The van der Waals surface area contributed by atoms with Gasteiger partial charge in [0.2, 0.25) is 0 Å². The van der Waals surface area contributed by atoms with Crippen molar-refractivity contribution in [1.82, 2.24) is 4.98 Å². The molecular weight excluding hydrogens is 200 g/mol. The summed E-state index contributed by atoms with van der Waals surface area (Å²) < 4.78 is 0. The summed E-state index contributed by atoms with van der Waals surface area (Å²) in [7, 11) is 0. The molecule has 1 unspecified atom stereocenters. The van der Waals surface area contributed by atoms with Gasteiger partial charge in [-0.3, -0.25) is 0 Å². The van der Waals surface area contributed by atoms with Crippen LogP contribution in [0.25, 0.3) is 0 Å². The molecule has 0 aliphatic rings. The van der Waals surface area contributed by atoms with Crippen LogP contribution in [-0.4, -0.2) is 15.7 Å². The highest BCUT2D eigenvalue weighted by molar-refractivity contribution is 5.39. The Morgan fingerprint density at radius 3 is 2.81 bits per heavy atom. The first-order valence-electron chi connectivity index (χ1n) is 5.97. The van der Waals surface area contributed by atoms with Crippen LogP contribution in [0.5, 0.6) is 0 Å². The van der Waals surface area contributed by atoms with Crippen molar-refractivity contribution < 1.29 is 5.11 Å². The number of rotatable bonds is 6. The summed E-state index contributed by atoms with van der Waals surface area (Å²) in [5.74, 6) is 0.526. The van der Waals surface area contributed by atoms with Crippen LogP contribution in [-0.2, 0) is 6.42 Å². The molecule has 1 atom stereocenters. The van der Waals surface area contributed by atoms with E-state index in [4.69, 9.17) is 5.73 Å². The number of nitrogens with two attached hydrogens (primary N) is 1. The van der Waals surface area contributed by atoms with Gasteiger partial charge in [-0.15, -0.1) is 0 Å². The molecule has 1 aromatic heterocycles. The van der Waals surface area contributed by atoms with Crippen LogP contribution in [0.15, 0.2) is 18.3 Å². The van der Waals surface area contributed by atoms with Crippen LogP contribution < -0.4 is 5.73 Å². The minimum Gasteiger partial charge on any atom is -0.390 e. The van der Waals surface area contributed by atoms with Crippen LogP contribution in [0.2, 0.25) is 0 Å². The van der Waals surface area contributed by atoms with Crippen LogP contribution in [0.3, 0.4) is 0 Å². The van der Waals surface area contributed by atoms with Crippen molar-refractivity contribution in [3.05, 3.63) is 23.9 Å². The van der Waals surface area contributed by atoms with E-state index >= 15 is 0 Å². The number of anilines is 1. The van der Waals surface area contributed by atoms with Crippen LogP contribution in [0.4, 0.5) is 5.82 Å². The predicted octanol–water partition coefficient (Wildman–Crippen LogP) is 2.54. The lowest BCUT2D eigenvalue weighted by Gasteiger charge is -2.23. The lowest BCUT2D eigenvalue weighted by molar-refractivity contribution is 0.0487. The average molecular weight is 222 g/mol. The molecule has 1 rings (SSSR count). The second-order valence-electron chi connectivity index (χ2n) is 4.68. The molecule has 0 amide bonds. The first kappa shape index (κ1) is 13.0. The normalized spacial score (nSPS) is 14.7. The zero-order valence-electron chi connectivity index (χ0n) is 10.2. The lowest BCUT2D eigenvalue weighted by Crippen LogP contribution is -2.27. The average Bonchev–Trinajstić information content (AvgIpc) is 2.21. The molecule has 3 N–H and O–H groups in total. The Labute approximate surface area is 97.7 Å². The zero-order valence-corrected chi connectivity index (χ0v) is 10.2. The number of hydrogen-bond donors (Lipinski definition) is 2. The topological polar surface area (TPSA) is 59.1 Å². The van der Waals surface area contributed by atoms with Gasteiger partial charge in [-0.1, -0.05) is 32.3 Å². The van der Waals surface area contributed by atoms with Crippen molar-refractivity contribution >= 4 is 5.82 Å². The van der Waals surface area contributed by atoms with E-state index in [1.165, 1.54) is 12.8 Å². The van der Waals surface area contributed by atoms with Gasteiger partial charge >= 0.3 is 0 Å². The van der Waals surface area contributed by atoms with Gasteiger partial charge in [0.25, 0.3) is 0 Å². The molecule has 0 saturated carbocycles. The Morgan fingerprint density at radius 2 is 2.19 bits per heavy atom. The molecule has 90 valence electrons. The van der Waals surface area contributed by atoms with Gasteiger partial charge in [0.1, 0.15) is 5.82 Å². The van der Waals surface area contributed by atoms with Crippen molar-refractivity contribution in [2.45, 2.75) is 51.6 Å². The third-order valence-corrected chi connectivity index (χ3v) is 2.82. The Hall–Kier alpha value is -1.09. The fraction of sp³-hybridized carbons (Fsp3) is 0.615. The van der Waals surface area contributed by atoms with E-state index in [0.29, 0.717) is 12.2 Å². The molecule has 0 radical (unpaired) electrons. The quantitative estimate of drug-likeness (QED) is 0.727. The van der Waals surface area contributed by atoms with E-state index in [1.54, 1.807) is 6.20 Å². The number of hydrogen-bond acceptors (Lipinski definition) is 3. The molecule has 1 heterocycles. The van der Waals surface area contributed by atoms with Gasteiger partial charge in [0.05, 0.1) is 5.60 Å². The van der Waals surface area contributed by atoms with E-state index in [-0.39, 0.29) is 0 Å². The number of pyridine rings is 1. The highest BCUT2D eigenvalue weighted by atomic mass is 16.3. The van der Waals surface area contributed by atoms with Crippen LogP contribution in [0, 0.1) is 0 Å². The minimum atomic E-state index is -0.674. The molecule has 0 aliphatic heterocycles. The van der Waals surface area contributed by atoms with Crippen molar-refractivity contribution in [3.63, 3.8) is 0 Å². The Bertz CT molecular complexity index is 323. The largest absolute Gasteiger partial charge is 0.390 e. The minimum absolute atomic E-state index is 0.526.